The van der Waals surface area contributed by atoms with E-state index >= 15 is 0 Å². The van der Waals surface area contributed by atoms with Gasteiger partial charge in [0.1, 0.15) is 34.7 Å². The summed E-state index contributed by atoms with van der Waals surface area (Å²) in [5, 5.41) is 6.33. The topological polar surface area (TPSA) is 55.5 Å². The second-order valence-electron chi connectivity index (χ2n) is 24.5. The van der Waals surface area contributed by atoms with Crippen LogP contribution in [0, 0.1) is 0 Å². The number of nitrogens with zero attached hydrogens (tertiary/aromatic N) is 3. The number of para-hydroxylation sites is 5. The van der Waals surface area contributed by atoms with Gasteiger partial charge >= 0.3 is 0 Å². The molecule has 8 aromatic carbocycles. The van der Waals surface area contributed by atoms with E-state index in [1.807, 2.05) is 0 Å². The van der Waals surface area contributed by atoms with Gasteiger partial charge in [-0.2, -0.15) is 0 Å². The quantitative estimate of drug-likeness (QED) is 0.140. The molecule has 0 fully saturated rings. The number of ether oxygens (including phenoxy) is 1. The molecule has 1 unspecified atom stereocenters. The Morgan fingerprint density at radius 3 is 1.79 bits per heavy atom. The Morgan fingerprint density at radius 2 is 1.12 bits per heavy atom. The molecule has 0 saturated heterocycles. The van der Waals surface area contributed by atoms with Crippen LogP contribution in [0.25, 0.3) is 61.2 Å². The Hall–Kier alpha value is -7.57. The molecule has 1 atom stereocenters. The largest absolute Gasteiger partial charge is 0.457 e. The van der Waals surface area contributed by atoms with Crippen molar-refractivity contribution >= 4 is 50.0 Å². The van der Waals surface area contributed by atoms with E-state index in [-0.39, 0.29) is 40.7 Å². The van der Waals surface area contributed by atoms with Crippen molar-refractivity contribution < 1.29 is 9.15 Å². The van der Waals surface area contributed by atoms with E-state index < -0.39 is 0 Å². The summed E-state index contributed by atoms with van der Waals surface area (Å²) in [5.74, 6) is 3.31. The van der Waals surface area contributed by atoms with Crippen molar-refractivity contribution in [2.45, 2.75) is 138 Å². The summed E-state index contributed by atoms with van der Waals surface area (Å²) >= 11 is 0. The highest BCUT2D eigenvalue weighted by Gasteiger charge is 2.36. The minimum atomic E-state index is -0.217. The molecular weight excluding hydrogens is 929 g/mol. The van der Waals surface area contributed by atoms with Gasteiger partial charge in [-0.15, -0.1) is 0 Å². The van der Waals surface area contributed by atoms with Crippen LogP contribution >= 0.6 is 0 Å². The SMILES string of the molecule is CC(C)c1cc(-c2ccccc2)cc(C(C)C)c1N1c2ccccc2NC1c1cc(Oc2cc(-c3nc4ccccc4n3-c3c(C(C)C)cc4c(oc5ccccc54)c3C(C)C)cc(C(C)(C)C)c2)cc(C(C)(C)C)c1. The maximum absolute atomic E-state index is 7.36. The van der Waals surface area contributed by atoms with E-state index in [1.54, 1.807) is 0 Å². The third kappa shape index (κ3) is 9.03. The van der Waals surface area contributed by atoms with Gasteiger partial charge in [-0.25, -0.2) is 4.98 Å². The van der Waals surface area contributed by atoms with Crippen LogP contribution in [0.2, 0.25) is 0 Å². The summed E-state index contributed by atoms with van der Waals surface area (Å²) in [5.41, 5.74) is 20.2. The van der Waals surface area contributed by atoms with Gasteiger partial charge in [0.25, 0.3) is 0 Å². The number of imidazole rings is 1. The van der Waals surface area contributed by atoms with Crippen molar-refractivity contribution in [3.8, 4) is 39.7 Å². The van der Waals surface area contributed by atoms with E-state index in [0.717, 1.165) is 78.4 Å². The second-order valence-corrected chi connectivity index (χ2v) is 24.5. The van der Waals surface area contributed by atoms with Crippen LogP contribution in [0.5, 0.6) is 11.5 Å². The lowest BCUT2D eigenvalue weighted by molar-refractivity contribution is 0.473. The summed E-state index contributed by atoms with van der Waals surface area (Å²) < 4.78 is 16.6. The van der Waals surface area contributed by atoms with Crippen LogP contribution in [-0.4, -0.2) is 9.55 Å². The Kier molecular flexibility index (Phi) is 12.8. The molecule has 0 bridgehead atoms. The van der Waals surface area contributed by atoms with Crippen molar-refractivity contribution in [1.29, 1.82) is 0 Å². The van der Waals surface area contributed by atoms with Gasteiger partial charge in [-0.05, 0) is 158 Å². The fourth-order valence-corrected chi connectivity index (χ4v) is 11.5. The predicted molar refractivity (Wildman–Crippen MR) is 321 cm³/mol. The van der Waals surface area contributed by atoms with E-state index in [9.17, 15) is 0 Å². The molecule has 0 saturated carbocycles. The number of fused-ring (bicyclic) bond motifs is 5. The summed E-state index contributed by atoms with van der Waals surface area (Å²) in [6.07, 6.45) is -0.217. The normalized spacial score (nSPS) is 14.1. The zero-order valence-corrected chi connectivity index (χ0v) is 47.1. The molecule has 76 heavy (non-hydrogen) atoms. The zero-order chi connectivity index (χ0) is 53.5. The fourth-order valence-electron chi connectivity index (χ4n) is 11.5. The van der Waals surface area contributed by atoms with Gasteiger partial charge in [0, 0.05) is 21.9 Å². The first kappa shape index (κ1) is 50.6. The molecule has 10 aromatic rings. The maximum atomic E-state index is 7.36. The Balaban J connectivity index is 1.09. The molecule has 11 rings (SSSR count). The number of nitrogens with one attached hydrogen (secondary N) is 1. The lowest BCUT2D eigenvalue weighted by Gasteiger charge is -2.34. The fraction of sp³-hybridized carbons (Fsp3) is 0.300. The minimum Gasteiger partial charge on any atom is -0.457 e. The van der Waals surface area contributed by atoms with Gasteiger partial charge in [0.05, 0.1) is 33.8 Å². The third-order valence-corrected chi connectivity index (χ3v) is 15.5. The van der Waals surface area contributed by atoms with Crippen molar-refractivity contribution in [3.63, 3.8) is 0 Å². The molecule has 0 aliphatic carbocycles. The molecule has 2 aromatic heterocycles. The second kappa shape index (κ2) is 19.2. The Labute approximate surface area is 450 Å². The van der Waals surface area contributed by atoms with Crippen molar-refractivity contribution in [2.75, 3.05) is 10.2 Å². The van der Waals surface area contributed by atoms with Crippen LogP contribution in [-0.2, 0) is 10.8 Å². The number of hydrogen-bond donors (Lipinski definition) is 1. The zero-order valence-electron chi connectivity index (χ0n) is 47.1. The lowest BCUT2D eigenvalue weighted by Crippen LogP contribution is -2.27. The van der Waals surface area contributed by atoms with Crippen molar-refractivity contribution in [2.24, 2.45) is 0 Å². The van der Waals surface area contributed by atoms with Crippen LogP contribution in [0.3, 0.4) is 0 Å². The summed E-state index contributed by atoms with van der Waals surface area (Å²) in [4.78, 5) is 8.12. The lowest BCUT2D eigenvalue weighted by atomic mass is 9.85. The smallest absolute Gasteiger partial charge is 0.145 e. The highest BCUT2D eigenvalue weighted by molar-refractivity contribution is 6.08. The van der Waals surface area contributed by atoms with Crippen LogP contribution in [0.15, 0.2) is 162 Å². The Bertz CT molecular complexity index is 3790. The number of anilines is 3. The first-order valence-corrected chi connectivity index (χ1v) is 27.6. The van der Waals surface area contributed by atoms with E-state index in [0.29, 0.717) is 0 Å². The van der Waals surface area contributed by atoms with Gasteiger partial charge in [0.2, 0.25) is 0 Å². The molecular formula is C70H74N4O2. The predicted octanol–water partition coefficient (Wildman–Crippen LogP) is 20.4. The first-order valence-electron chi connectivity index (χ1n) is 27.6. The first-order chi connectivity index (χ1) is 36.2. The van der Waals surface area contributed by atoms with Gasteiger partial charge in [0.15, 0.2) is 0 Å². The molecule has 1 aliphatic heterocycles. The molecule has 1 aliphatic rings. The van der Waals surface area contributed by atoms with Gasteiger partial charge in [-0.1, -0.05) is 176 Å². The maximum Gasteiger partial charge on any atom is 0.145 e. The van der Waals surface area contributed by atoms with Crippen molar-refractivity contribution in [1.82, 2.24) is 9.55 Å². The molecule has 0 amide bonds. The monoisotopic (exact) mass is 1000 g/mol. The van der Waals surface area contributed by atoms with Gasteiger partial charge < -0.3 is 19.4 Å². The standard InChI is InChI=1S/C70H74N4O2/c1-41(2)54-36-46(45-24-16-15-17-25-45)37-55(42(3)4)64(54)73-60-29-21-19-27-58(60)71-67(73)47-32-49(69(9,10)11)38-51(34-47)75-52-35-48(33-50(39-52)70(12,13)14)68-72-59-28-20-22-30-61(59)74(68)65-56(43(5)6)40-57-53-26-18-23-31-62(53)76-66(57)63(65)44(7)8/h15-44,67,71H,1-14H3. The molecule has 3 heterocycles. The number of aromatic nitrogens is 2. The van der Waals surface area contributed by atoms with E-state index in [1.165, 1.54) is 50.3 Å². The van der Waals surface area contributed by atoms with Crippen LogP contribution < -0.4 is 15.0 Å². The summed E-state index contributed by atoms with van der Waals surface area (Å²) in [6.45, 7) is 32.2. The molecule has 0 spiro atoms. The van der Waals surface area contributed by atoms with Crippen molar-refractivity contribution in [3.05, 3.63) is 197 Å². The van der Waals surface area contributed by atoms with E-state index in [4.69, 9.17) is 14.1 Å². The molecule has 386 valence electrons. The number of hydrogen-bond acceptors (Lipinski definition) is 5. The van der Waals surface area contributed by atoms with Crippen LogP contribution in [0.1, 0.15) is 166 Å². The highest BCUT2D eigenvalue weighted by Crippen LogP contribution is 2.53. The van der Waals surface area contributed by atoms with Crippen LogP contribution in [0.4, 0.5) is 17.1 Å². The molecule has 6 nitrogen and oxygen atoms in total. The average molecular weight is 1000 g/mol. The van der Waals surface area contributed by atoms with Gasteiger partial charge in [-0.3, -0.25) is 4.57 Å². The van der Waals surface area contributed by atoms with E-state index in [2.05, 4.69) is 269 Å². The number of benzene rings is 8. The molecule has 0 radical (unpaired) electrons. The average Bonchev–Trinajstić information content (AvgIpc) is 4.12. The highest BCUT2D eigenvalue weighted by atomic mass is 16.5. The molecule has 1 N–H and O–H groups in total. The Morgan fingerprint density at radius 1 is 0.526 bits per heavy atom. The number of rotatable bonds is 11. The summed E-state index contributed by atoms with van der Waals surface area (Å²) in [7, 11) is 0. The minimum absolute atomic E-state index is 0.149. The third-order valence-electron chi connectivity index (χ3n) is 15.5. The molecule has 6 heteroatoms. The number of furan rings is 1. The summed E-state index contributed by atoms with van der Waals surface area (Å²) in [6, 6.07) is 57.5.